The molecule has 1 aromatic carbocycles. The van der Waals surface area contributed by atoms with Crippen molar-refractivity contribution in [2.45, 2.75) is 44.6 Å². The van der Waals surface area contributed by atoms with Gasteiger partial charge in [0, 0.05) is 41.9 Å². The third-order valence-corrected chi connectivity index (χ3v) is 23.4. The monoisotopic (exact) mass is 741 g/mol. The number of hydrogen-bond acceptors (Lipinski definition) is 4. The van der Waals surface area contributed by atoms with Crippen LogP contribution in [0.3, 0.4) is 0 Å². The summed E-state index contributed by atoms with van der Waals surface area (Å²) in [4.78, 5) is 2.92. The Labute approximate surface area is 330 Å². The largest absolute Gasteiger partial charge is 0.496 e. The van der Waals surface area contributed by atoms with Crippen LogP contribution in [0.15, 0.2) is 81.0 Å². The second-order valence-electron chi connectivity index (χ2n) is 23.4. The van der Waals surface area contributed by atoms with Gasteiger partial charge in [0.2, 0.25) is 0 Å². The van der Waals surface area contributed by atoms with E-state index in [-0.39, 0.29) is 12.0 Å². The van der Waals surface area contributed by atoms with E-state index in [9.17, 15) is 5.11 Å². The van der Waals surface area contributed by atoms with Crippen molar-refractivity contribution in [2.75, 3.05) is 40.0 Å². The van der Waals surface area contributed by atoms with Gasteiger partial charge in [0.1, 0.15) is 5.75 Å². The maximum absolute atomic E-state index is 9.70. The highest BCUT2D eigenvalue weighted by molar-refractivity contribution is 5.68. The van der Waals surface area contributed by atoms with E-state index in [1.54, 1.807) is 6.42 Å². The Hall–Kier alpha value is -2.40. The van der Waals surface area contributed by atoms with Crippen LogP contribution in [0.4, 0.5) is 0 Å². The summed E-state index contributed by atoms with van der Waals surface area (Å²) < 4.78 is 12.5. The molecule has 16 aliphatic carbocycles. The molecule has 0 bridgehead atoms. The number of nitrogens with zero attached hydrogens (tertiary/aromatic N) is 1. The molecule has 24 unspecified atom stereocenters. The van der Waals surface area contributed by atoms with E-state index in [2.05, 4.69) is 58.0 Å². The van der Waals surface area contributed by atoms with Gasteiger partial charge in [-0.1, -0.05) is 63.8 Å². The van der Waals surface area contributed by atoms with Gasteiger partial charge in [-0.2, -0.15) is 0 Å². The van der Waals surface area contributed by atoms with Crippen molar-refractivity contribution in [1.82, 2.24) is 4.90 Å². The van der Waals surface area contributed by atoms with E-state index in [1.165, 1.54) is 37.7 Å². The fraction of sp³-hybridized carbons (Fsp3) is 0.692. The Morgan fingerprint density at radius 3 is 2.43 bits per heavy atom. The van der Waals surface area contributed by atoms with E-state index >= 15 is 0 Å². The lowest BCUT2D eigenvalue weighted by atomic mass is 9.44. The third kappa shape index (κ3) is 2.64. The number of para-hydroxylation sites is 1. The van der Waals surface area contributed by atoms with Crippen molar-refractivity contribution in [3.63, 3.8) is 0 Å². The minimum Gasteiger partial charge on any atom is -0.496 e. The third-order valence-electron chi connectivity index (χ3n) is 23.4. The SMILES string of the molecule is COc1ccccc1C1N(CCOCCO)CC2C3=C4C5=C6C7C(C=C8CC9CC%10C=C%11CC%12CC(=C%13C4C4C5C5C7C8C7C9C%10C8C%11C(C%13%12)C4C8C57)C3)CC621. The van der Waals surface area contributed by atoms with Gasteiger partial charge in [-0.05, 0) is 174 Å². The molecule has 1 saturated heterocycles. The van der Waals surface area contributed by atoms with Gasteiger partial charge in [0.15, 0.2) is 0 Å². The van der Waals surface area contributed by atoms with Crippen molar-refractivity contribution < 1.29 is 14.6 Å². The molecule has 1 spiro atoms. The van der Waals surface area contributed by atoms with Crippen molar-refractivity contribution >= 4 is 0 Å². The predicted molar refractivity (Wildman–Crippen MR) is 209 cm³/mol. The minimum absolute atomic E-state index is 0.104. The molecule has 286 valence electrons. The molecule has 4 heteroatoms. The molecule has 0 radical (unpaired) electrons. The first-order valence-electron chi connectivity index (χ1n) is 23.9. The smallest absolute Gasteiger partial charge is 0.123 e. The number of aliphatic hydroxyl groups excluding tert-OH is 1. The van der Waals surface area contributed by atoms with E-state index < -0.39 is 0 Å². The van der Waals surface area contributed by atoms with Crippen LogP contribution in [0.5, 0.6) is 5.75 Å². The summed E-state index contributed by atoms with van der Waals surface area (Å²) in [6.07, 6.45) is 14.7. The van der Waals surface area contributed by atoms with Gasteiger partial charge in [-0.25, -0.2) is 0 Å². The van der Waals surface area contributed by atoms with E-state index in [4.69, 9.17) is 9.47 Å². The van der Waals surface area contributed by atoms with Crippen LogP contribution in [0, 0.1) is 136 Å². The molecule has 17 aliphatic rings. The summed E-state index contributed by atoms with van der Waals surface area (Å²) in [5.74, 6) is 21.4. The normalized spacial score (nSPS) is 60.0. The molecule has 11 fully saturated rings. The lowest BCUT2D eigenvalue weighted by Gasteiger charge is -2.60. The average Bonchev–Trinajstić information content (AvgIpc) is 4.07. The summed E-state index contributed by atoms with van der Waals surface area (Å²) in [7, 11) is 1.92. The summed E-state index contributed by atoms with van der Waals surface area (Å²) in [5.41, 5.74) is 17.9. The number of hydrogen-bond donors (Lipinski definition) is 1. The minimum atomic E-state index is 0.104. The topological polar surface area (TPSA) is 41.9 Å². The maximum atomic E-state index is 9.70. The van der Waals surface area contributed by atoms with Crippen LogP contribution in [0.2, 0.25) is 0 Å². The zero-order valence-electron chi connectivity index (χ0n) is 32.7. The predicted octanol–water partition coefficient (Wildman–Crippen LogP) is 7.90. The van der Waals surface area contributed by atoms with Crippen LogP contribution in [-0.2, 0) is 4.74 Å². The summed E-state index contributed by atoms with van der Waals surface area (Å²) in [6.45, 7) is 3.33. The summed E-state index contributed by atoms with van der Waals surface area (Å²) in [6, 6.07) is 9.57. The number of fused-ring (bicyclic) bond motifs is 1. The van der Waals surface area contributed by atoms with E-state index in [0.29, 0.717) is 31.1 Å². The zero-order valence-corrected chi connectivity index (χ0v) is 32.7. The molecule has 0 amide bonds. The van der Waals surface area contributed by atoms with Crippen molar-refractivity contribution in [3.05, 3.63) is 86.6 Å². The Bertz CT molecular complexity index is 2350. The quantitative estimate of drug-likeness (QED) is 0.228. The number of aliphatic hydroxyl groups is 1. The summed E-state index contributed by atoms with van der Waals surface area (Å²) in [5, 5.41) is 9.70. The molecular weight excluding hydrogens is 687 g/mol. The lowest BCUT2D eigenvalue weighted by Crippen LogP contribution is -2.56. The fourth-order valence-corrected chi connectivity index (χ4v) is 24.1. The van der Waals surface area contributed by atoms with Crippen LogP contribution in [-0.4, -0.2) is 50.0 Å². The van der Waals surface area contributed by atoms with Crippen LogP contribution >= 0.6 is 0 Å². The first kappa shape index (κ1) is 29.8. The molecule has 1 N–H and O–H groups in total. The molecule has 24 atom stereocenters. The van der Waals surface area contributed by atoms with E-state index in [0.717, 1.165) is 137 Å². The number of allylic oxidation sites excluding steroid dienone is 8. The molecule has 0 aromatic heterocycles. The van der Waals surface area contributed by atoms with Crippen LogP contribution < -0.4 is 4.74 Å². The number of ether oxygens (including phenoxy) is 2. The maximum Gasteiger partial charge on any atom is 0.123 e. The molecule has 4 nitrogen and oxygen atoms in total. The zero-order chi connectivity index (χ0) is 35.6. The Kier molecular flexibility index (Phi) is 4.79. The second kappa shape index (κ2) is 9.02. The molecule has 1 aromatic rings. The van der Waals surface area contributed by atoms with E-state index in [1.807, 2.05) is 35.0 Å². The molecule has 56 heavy (non-hydrogen) atoms. The van der Waals surface area contributed by atoms with Crippen LogP contribution in [0.1, 0.15) is 50.1 Å². The van der Waals surface area contributed by atoms with Gasteiger partial charge < -0.3 is 14.6 Å². The Balaban J connectivity index is 0.956. The van der Waals surface area contributed by atoms with Crippen molar-refractivity contribution in [3.8, 4) is 5.75 Å². The first-order chi connectivity index (χ1) is 27.7. The average molecular weight is 742 g/mol. The Morgan fingerprint density at radius 2 is 1.54 bits per heavy atom. The van der Waals surface area contributed by atoms with Gasteiger partial charge in [-0.15, -0.1) is 0 Å². The van der Waals surface area contributed by atoms with Crippen LogP contribution in [0.25, 0.3) is 0 Å². The Morgan fingerprint density at radius 1 is 0.750 bits per heavy atom. The number of likely N-dealkylation sites (tertiary alicyclic amines) is 1. The molecular formula is C52H55NO3. The van der Waals surface area contributed by atoms with Gasteiger partial charge >= 0.3 is 0 Å². The van der Waals surface area contributed by atoms with Gasteiger partial charge in [0.05, 0.1) is 26.9 Å². The molecule has 1 heterocycles. The molecule has 10 saturated carbocycles. The number of methoxy groups -OCH3 is 1. The van der Waals surface area contributed by atoms with Crippen molar-refractivity contribution in [1.29, 1.82) is 0 Å². The highest BCUT2D eigenvalue weighted by Gasteiger charge is 2.86. The lowest BCUT2D eigenvalue weighted by molar-refractivity contribution is -0.108. The van der Waals surface area contributed by atoms with Crippen molar-refractivity contribution in [2.24, 2.45) is 136 Å². The molecule has 1 aliphatic heterocycles. The summed E-state index contributed by atoms with van der Waals surface area (Å²) >= 11 is 0. The highest BCUT2D eigenvalue weighted by atomic mass is 16.5. The van der Waals surface area contributed by atoms with Gasteiger partial charge in [0.25, 0.3) is 0 Å². The first-order valence-corrected chi connectivity index (χ1v) is 23.9. The fourth-order valence-electron chi connectivity index (χ4n) is 24.1. The standard InChI is InChI=1S/C52H55NO3/c1-55-29-5-3-2-4-26(29)51-52-17-25-15-23-13-20-10-19-11-22-12-21-14-24-16-27(28(52)18-53(51)6-8-56-9-7-54)37-42-33(24)32(21)39-34(22)38-30(19)31(20)40-35(23)41-36(25)50(52)49(37)48-46(41)44(40)43(38)45(39)47(42)48/h2-5,11,15,19-21,25,28,30-32,34-36,38-48,51,54H,6-10,12-14,16-18H2,1H3. The van der Waals surface area contributed by atoms with Gasteiger partial charge in [-0.3, -0.25) is 4.90 Å². The number of benzene rings is 1. The molecule has 18 rings (SSSR count). The number of rotatable bonds is 7. The highest BCUT2D eigenvalue weighted by Crippen LogP contribution is 2.91. The second-order valence-corrected chi connectivity index (χ2v) is 23.4.